The molecule has 0 saturated carbocycles. The zero-order valence-electron chi connectivity index (χ0n) is 15.3. The number of hydrogen-bond acceptors (Lipinski definition) is 5. The van der Waals surface area contributed by atoms with Crippen LogP contribution in [-0.2, 0) is 14.7 Å². The van der Waals surface area contributed by atoms with Gasteiger partial charge in [-0.1, -0.05) is 0 Å². The molecule has 1 fully saturated rings. The molecule has 1 N–H and O–H groups in total. The highest BCUT2D eigenvalue weighted by Crippen LogP contribution is 2.36. The van der Waals surface area contributed by atoms with Gasteiger partial charge in [0.15, 0.2) is 0 Å². The van der Waals surface area contributed by atoms with Gasteiger partial charge in [-0.15, -0.1) is 10.3 Å². The Bertz CT molecular complexity index is 428. The summed E-state index contributed by atoms with van der Waals surface area (Å²) < 4.78 is 9.80. The number of unbranched alkanes of at least 4 members (excludes halogenated alkanes) is 3. The SMILES string of the molecule is CC1(C)CC(NC(=O)OCCCCCCOC#N)CC(C)(C)N1[O]. The number of ether oxygens (including phenoxy) is 2. The molecule has 1 aliphatic rings. The minimum absolute atomic E-state index is 0.0594. The predicted octanol–water partition coefficient (Wildman–Crippen LogP) is 3.14. The van der Waals surface area contributed by atoms with Crippen LogP contribution in [0, 0.1) is 11.5 Å². The molecule has 0 aromatic carbocycles. The van der Waals surface area contributed by atoms with Crippen molar-refractivity contribution in [3.05, 3.63) is 0 Å². The van der Waals surface area contributed by atoms with Gasteiger partial charge in [-0.25, -0.2) is 4.79 Å². The Morgan fingerprint density at radius 2 is 1.67 bits per heavy atom. The van der Waals surface area contributed by atoms with Crippen LogP contribution < -0.4 is 5.32 Å². The smallest absolute Gasteiger partial charge is 0.407 e. The molecular formula is C17H30N3O4. The van der Waals surface area contributed by atoms with E-state index in [4.69, 9.17) is 10.00 Å². The molecule has 7 nitrogen and oxygen atoms in total. The highest BCUT2D eigenvalue weighted by atomic mass is 16.5. The summed E-state index contributed by atoms with van der Waals surface area (Å²) in [4.78, 5) is 11.9. The first-order valence-corrected chi connectivity index (χ1v) is 8.61. The monoisotopic (exact) mass is 340 g/mol. The van der Waals surface area contributed by atoms with Crippen molar-refractivity contribution in [3.8, 4) is 6.26 Å². The molecule has 0 atom stereocenters. The number of hydrogen-bond donors (Lipinski definition) is 1. The average molecular weight is 340 g/mol. The van der Waals surface area contributed by atoms with Crippen LogP contribution in [0.4, 0.5) is 4.79 Å². The van der Waals surface area contributed by atoms with E-state index in [-0.39, 0.29) is 6.04 Å². The van der Waals surface area contributed by atoms with Gasteiger partial charge in [0.1, 0.15) is 6.61 Å². The lowest BCUT2D eigenvalue weighted by Gasteiger charge is -2.49. The molecule has 1 aliphatic heterocycles. The summed E-state index contributed by atoms with van der Waals surface area (Å²) in [5.74, 6) is 0. The van der Waals surface area contributed by atoms with Crippen molar-refractivity contribution in [2.75, 3.05) is 13.2 Å². The number of nitrogens with zero attached hydrogens (tertiary/aromatic N) is 2. The third-order valence-electron chi connectivity index (χ3n) is 4.35. The van der Waals surface area contributed by atoms with Crippen LogP contribution in [-0.4, -0.2) is 41.5 Å². The molecule has 0 spiro atoms. The fraction of sp³-hybridized carbons (Fsp3) is 0.882. The molecule has 1 rings (SSSR count). The molecule has 1 saturated heterocycles. The number of nitrogens with one attached hydrogen (secondary N) is 1. The van der Waals surface area contributed by atoms with E-state index in [1.165, 1.54) is 0 Å². The van der Waals surface area contributed by atoms with Crippen LogP contribution in [0.2, 0.25) is 0 Å². The van der Waals surface area contributed by atoms with Crippen LogP contribution in [0.1, 0.15) is 66.2 Å². The number of carbonyl (C=O) groups is 1. The van der Waals surface area contributed by atoms with E-state index in [2.05, 4.69) is 10.1 Å². The first-order valence-electron chi connectivity index (χ1n) is 8.61. The van der Waals surface area contributed by atoms with Gasteiger partial charge in [-0.3, -0.25) is 0 Å². The first-order chi connectivity index (χ1) is 11.2. The summed E-state index contributed by atoms with van der Waals surface area (Å²) in [6, 6.07) is -0.0594. The molecule has 1 heterocycles. The van der Waals surface area contributed by atoms with Crippen LogP contribution >= 0.6 is 0 Å². The van der Waals surface area contributed by atoms with Crippen molar-refractivity contribution in [1.82, 2.24) is 10.4 Å². The standard InChI is InChI=1S/C17H30N3O4/c1-16(2)11-14(12-17(3,4)20(16)22)19-15(21)24-10-8-6-5-7-9-23-13-18/h14H,5-12H2,1-4H3,(H,19,21). The molecule has 137 valence electrons. The van der Waals surface area contributed by atoms with Crippen molar-refractivity contribution in [1.29, 1.82) is 5.26 Å². The second-order valence-corrected chi connectivity index (χ2v) is 7.66. The summed E-state index contributed by atoms with van der Waals surface area (Å²) in [6.07, 6.45) is 5.92. The number of piperidine rings is 1. The van der Waals surface area contributed by atoms with E-state index in [1.54, 1.807) is 6.26 Å². The summed E-state index contributed by atoms with van der Waals surface area (Å²) in [5.41, 5.74) is -1.02. The van der Waals surface area contributed by atoms with Gasteiger partial charge >= 0.3 is 6.09 Å². The lowest BCUT2D eigenvalue weighted by Crippen LogP contribution is -2.62. The molecule has 0 aromatic heterocycles. The highest BCUT2D eigenvalue weighted by molar-refractivity contribution is 5.67. The van der Waals surface area contributed by atoms with Gasteiger partial charge in [-0.05, 0) is 66.2 Å². The fourth-order valence-electron chi connectivity index (χ4n) is 3.41. The van der Waals surface area contributed by atoms with E-state index in [1.807, 2.05) is 27.7 Å². The van der Waals surface area contributed by atoms with Gasteiger partial charge < -0.3 is 14.8 Å². The van der Waals surface area contributed by atoms with E-state index < -0.39 is 17.2 Å². The Hall–Kier alpha value is -1.52. The van der Waals surface area contributed by atoms with E-state index >= 15 is 0 Å². The maximum absolute atomic E-state index is 12.3. The number of carbonyl (C=O) groups excluding carboxylic acids is 1. The summed E-state index contributed by atoms with van der Waals surface area (Å²) in [6.45, 7) is 8.42. The second kappa shape index (κ2) is 9.09. The minimum atomic E-state index is -0.509. The predicted molar refractivity (Wildman–Crippen MR) is 88.2 cm³/mol. The van der Waals surface area contributed by atoms with E-state index in [9.17, 15) is 10.0 Å². The van der Waals surface area contributed by atoms with Crippen molar-refractivity contribution in [2.24, 2.45) is 0 Å². The Balaban J connectivity index is 2.22. The van der Waals surface area contributed by atoms with Gasteiger partial charge in [-0.2, -0.15) is 5.26 Å². The van der Waals surface area contributed by atoms with Crippen LogP contribution in [0.15, 0.2) is 0 Å². The van der Waals surface area contributed by atoms with Gasteiger partial charge in [0, 0.05) is 17.1 Å². The van der Waals surface area contributed by atoms with Gasteiger partial charge in [0.05, 0.1) is 6.61 Å². The number of nitriles is 1. The number of rotatable bonds is 8. The molecule has 0 unspecified atom stereocenters. The molecule has 0 bridgehead atoms. The Labute approximate surface area is 144 Å². The number of hydroxylamine groups is 2. The maximum Gasteiger partial charge on any atom is 0.407 e. The molecule has 1 radical (unpaired) electrons. The Morgan fingerprint density at radius 3 is 2.21 bits per heavy atom. The highest BCUT2D eigenvalue weighted by Gasteiger charge is 2.46. The summed E-state index contributed by atoms with van der Waals surface area (Å²) >= 11 is 0. The summed E-state index contributed by atoms with van der Waals surface area (Å²) in [7, 11) is 0. The van der Waals surface area contributed by atoms with Gasteiger partial charge in [0.25, 0.3) is 6.26 Å². The zero-order valence-corrected chi connectivity index (χ0v) is 15.3. The maximum atomic E-state index is 12.3. The molecule has 0 aromatic rings. The quantitative estimate of drug-likeness (QED) is 0.541. The topological polar surface area (TPSA) is 94.5 Å². The molecule has 7 heteroatoms. The molecule has 0 aliphatic carbocycles. The van der Waals surface area contributed by atoms with Crippen LogP contribution in [0.3, 0.4) is 0 Å². The third-order valence-corrected chi connectivity index (χ3v) is 4.35. The Kier molecular flexibility index (Phi) is 7.77. The third kappa shape index (κ3) is 6.54. The van der Waals surface area contributed by atoms with Crippen molar-refractivity contribution in [3.63, 3.8) is 0 Å². The Morgan fingerprint density at radius 1 is 1.12 bits per heavy atom. The normalized spacial score (nSPS) is 20.2. The van der Waals surface area contributed by atoms with Crippen molar-refractivity contribution in [2.45, 2.75) is 83.3 Å². The zero-order chi connectivity index (χ0) is 18.2. The number of alkyl carbamates (subject to hydrolysis) is 1. The number of amides is 1. The van der Waals surface area contributed by atoms with Gasteiger partial charge in [0.2, 0.25) is 0 Å². The molecule has 1 amide bonds. The fourth-order valence-corrected chi connectivity index (χ4v) is 3.41. The largest absolute Gasteiger partial charge is 0.450 e. The van der Waals surface area contributed by atoms with Crippen molar-refractivity contribution >= 4 is 6.09 Å². The molecule has 24 heavy (non-hydrogen) atoms. The van der Waals surface area contributed by atoms with E-state index in [0.717, 1.165) is 30.7 Å². The average Bonchev–Trinajstić information content (AvgIpc) is 2.47. The lowest BCUT2D eigenvalue weighted by atomic mass is 9.79. The van der Waals surface area contributed by atoms with Crippen molar-refractivity contribution < 1.29 is 19.5 Å². The van der Waals surface area contributed by atoms with E-state index in [0.29, 0.717) is 26.1 Å². The first kappa shape index (κ1) is 20.5. The lowest BCUT2D eigenvalue weighted by molar-refractivity contribution is -0.289. The molecular weight excluding hydrogens is 310 g/mol. The van der Waals surface area contributed by atoms with Crippen LogP contribution in [0.25, 0.3) is 0 Å². The van der Waals surface area contributed by atoms with Crippen LogP contribution in [0.5, 0.6) is 0 Å². The second-order valence-electron chi connectivity index (χ2n) is 7.66. The minimum Gasteiger partial charge on any atom is -0.450 e. The summed E-state index contributed by atoms with van der Waals surface area (Å²) in [5, 5.41) is 24.5.